The highest BCUT2D eigenvalue weighted by molar-refractivity contribution is 7.33. The molecule has 10 nitrogen and oxygen atoms in total. The van der Waals surface area contributed by atoms with Gasteiger partial charge in [-0.3, -0.25) is 18.2 Å². The molecule has 1 saturated carbocycles. The second kappa shape index (κ2) is 4.69. The third-order valence-corrected chi connectivity index (χ3v) is 5.92. The normalized spacial score (nSPS) is 43.5. The first-order valence-corrected chi connectivity index (χ1v) is 9.07. The van der Waals surface area contributed by atoms with Crippen molar-refractivity contribution < 1.29 is 31.9 Å². The number of aromatic nitrogens is 4. The molecule has 2 unspecified atom stereocenters. The number of hydrogen-bond donors (Lipinski definition) is 1. The standard InChI is InChI=1S/C13H14F2N5O5P/c1-3-22-7-5-6(18-10(16)19-7)20(4-17-5)9-11(2,14)12-8(13(12,15)23-9)24-26(21)25-12/h4,8-9,26H,3H2,1-2H3,(H2,16,18,19)/t8?,9-,11+,12+,13-/m1/s1. The third-order valence-electron chi connectivity index (χ3n) is 5.00. The van der Waals surface area contributed by atoms with E-state index in [9.17, 15) is 4.57 Å². The molecule has 3 aliphatic rings. The molecule has 2 aliphatic heterocycles. The topological polar surface area (TPSA) is 124 Å². The molecule has 1 spiro atoms. The number of ether oxygens (including phenoxy) is 2. The maximum atomic E-state index is 15.7. The number of hydrogen-bond acceptors (Lipinski definition) is 9. The smallest absolute Gasteiger partial charge is 0.320 e. The first kappa shape index (κ1) is 16.3. The minimum absolute atomic E-state index is 0.110. The minimum Gasteiger partial charge on any atom is -0.476 e. The Bertz CT molecular complexity index is 972. The number of nitrogen functional groups attached to an aromatic ring is 1. The molecular weight excluding hydrogens is 375 g/mol. The second-order valence-corrected chi connectivity index (χ2v) is 7.36. The van der Waals surface area contributed by atoms with E-state index in [0.29, 0.717) is 6.61 Å². The molecule has 140 valence electrons. The van der Waals surface area contributed by atoms with Crippen molar-refractivity contribution in [1.82, 2.24) is 19.5 Å². The molecule has 3 fully saturated rings. The van der Waals surface area contributed by atoms with Crippen molar-refractivity contribution in [2.75, 3.05) is 12.3 Å². The van der Waals surface area contributed by atoms with E-state index < -0.39 is 37.7 Å². The molecule has 0 aromatic carbocycles. The average Bonchev–Trinajstić information content (AvgIpc) is 2.97. The van der Waals surface area contributed by atoms with Crippen LogP contribution >= 0.6 is 8.25 Å². The number of nitrogens with zero attached hydrogens (tertiary/aromatic N) is 4. The summed E-state index contributed by atoms with van der Waals surface area (Å²) >= 11 is 0. The Morgan fingerprint density at radius 2 is 2.23 bits per heavy atom. The Balaban J connectivity index is 1.63. The molecule has 1 aliphatic carbocycles. The number of anilines is 1. The van der Waals surface area contributed by atoms with Gasteiger partial charge in [0.05, 0.1) is 12.9 Å². The summed E-state index contributed by atoms with van der Waals surface area (Å²) in [5, 5.41) is 0. The van der Waals surface area contributed by atoms with Crippen LogP contribution in [0, 0.1) is 0 Å². The van der Waals surface area contributed by atoms with E-state index in [2.05, 4.69) is 15.0 Å². The van der Waals surface area contributed by atoms with E-state index in [-0.39, 0.29) is 23.0 Å². The summed E-state index contributed by atoms with van der Waals surface area (Å²) in [6.07, 6.45) is -1.64. The van der Waals surface area contributed by atoms with Crippen molar-refractivity contribution in [2.24, 2.45) is 0 Å². The van der Waals surface area contributed by atoms with Gasteiger partial charge in [-0.2, -0.15) is 9.97 Å². The Morgan fingerprint density at radius 1 is 1.46 bits per heavy atom. The average molecular weight is 389 g/mol. The van der Waals surface area contributed by atoms with Gasteiger partial charge in [-0.15, -0.1) is 0 Å². The van der Waals surface area contributed by atoms with Crippen molar-refractivity contribution in [3.8, 4) is 5.88 Å². The minimum atomic E-state index is -2.98. The summed E-state index contributed by atoms with van der Waals surface area (Å²) in [5.41, 5.74) is 1.51. The van der Waals surface area contributed by atoms with Crippen LogP contribution in [0.2, 0.25) is 0 Å². The monoisotopic (exact) mass is 389 g/mol. The zero-order valence-electron chi connectivity index (χ0n) is 13.6. The molecule has 2 aromatic heterocycles. The van der Waals surface area contributed by atoms with Crippen LogP contribution in [0.3, 0.4) is 0 Å². The van der Waals surface area contributed by atoms with Crippen LogP contribution < -0.4 is 10.5 Å². The quantitative estimate of drug-likeness (QED) is 0.773. The number of imidazole rings is 1. The van der Waals surface area contributed by atoms with E-state index >= 15 is 8.78 Å². The lowest BCUT2D eigenvalue weighted by atomic mass is 9.97. The number of nitrogens with two attached hydrogens (primary N) is 1. The molecule has 2 N–H and O–H groups in total. The van der Waals surface area contributed by atoms with Crippen LogP contribution in [0.5, 0.6) is 5.88 Å². The van der Waals surface area contributed by atoms with E-state index in [1.54, 1.807) is 6.92 Å². The SMILES string of the molecule is CCOc1nc(N)nc2c1ncn2[C@@H]1O[C@]2(F)C3O[PH](=O)O[C@]32[C@@]1(C)F. The van der Waals surface area contributed by atoms with Gasteiger partial charge in [0.1, 0.15) is 0 Å². The van der Waals surface area contributed by atoms with E-state index in [1.165, 1.54) is 10.9 Å². The molecule has 5 rings (SSSR count). The molecule has 0 radical (unpaired) electrons. The third kappa shape index (κ3) is 1.62. The highest BCUT2D eigenvalue weighted by atomic mass is 31.1. The number of alkyl halides is 2. The maximum Gasteiger partial charge on any atom is 0.320 e. The first-order chi connectivity index (χ1) is 12.3. The molecular formula is C13H14F2N5O5P. The molecule has 2 saturated heterocycles. The van der Waals surface area contributed by atoms with Crippen LogP contribution in [0.15, 0.2) is 6.33 Å². The summed E-state index contributed by atoms with van der Waals surface area (Å²) in [5.74, 6) is -2.55. The summed E-state index contributed by atoms with van der Waals surface area (Å²) in [6, 6.07) is 0. The summed E-state index contributed by atoms with van der Waals surface area (Å²) in [4.78, 5) is 12.1. The number of fused-ring (bicyclic) bond motifs is 2. The predicted molar refractivity (Wildman–Crippen MR) is 82.1 cm³/mol. The lowest BCUT2D eigenvalue weighted by molar-refractivity contribution is -0.153. The predicted octanol–water partition coefficient (Wildman–Crippen LogP) is 1.29. The highest BCUT2D eigenvalue weighted by Crippen LogP contribution is 2.79. The highest BCUT2D eigenvalue weighted by Gasteiger charge is 3.00. The molecule has 2 aromatic rings. The maximum absolute atomic E-state index is 15.7. The fourth-order valence-electron chi connectivity index (χ4n) is 3.82. The van der Waals surface area contributed by atoms with Crippen molar-refractivity contribution in [3.63, 3.8) is 0 Å². The van der Waals surface area contributed by atoms with Gasteiger partial charge in [-0.1, -0.05) is 0 Å². The fourth-order valence-corrected chi connectivity index (χ4v) is 5.09. The van der Waals surface area contributed by atoms with Gasteiger partial charge < -0.3 is 15.2 Å². The second-order valence-electron chi connectivity index (χ2n) is 6.42. The Morgan fingerprint density at radius 3 is 2.96 bits per heavy atom. The van der Waals surface area contributed by atoms with Crippen molar-refractivity contribution in [2.45, 2.75) is 43.3 Å². The molecule has 4 heterocycles. The van der Waals surface area contributed by atoms with Gasteiger partial charge >= 0.3 is 8.25 Å². The summed E-state index contributed by atoms with van der Waals surface area (Å²) in [6.45, 7) is 3.15. The van der Waals surface area contributed by atoms with E-state index in [4.69, 9.17) is 24.3 Å². The van der Waals surface area contributed by atoms with Crippen molar-refractivity contribution in [3.05, 3.63) is 6.33 Å². The lowest BCUT2D eigenvalue weighted by Gasteiger charge is -2.28. The molecule has 0 amide bonds. The molecule has 26 heavy (non-hydrogen) atoms. The van der Waals surface area contributed by atoms with Crippen molar-refractivity contribution in [1.29, 1.82) is 0 Å². The van der Waals surface area contributed by atoms with Gasteiger partial charge in [0, 0.05) is 0 Å². The summed E-state index contributed by atoms with van der Waals surface area (Å²) in [7, 11) is -2.98. The van der Waals surface area contributed by atoms with Crippen LogP contribution in [-0.2, 0) is 18.3 Å². The van der Waals surface area contributed by atoms with Gasteiger partial charge in [-0.25, -0.2) is 13.8 Å². The van der Waals surface area contributed by atoms with Gasteiger partial charge in [0.25, 0.3) is 5.85 Å². The van der Waals surface area contributed by atoms with Crippen LogP contribution in [0.1, 0.15) is 20.1 Å². The first-order valence-electron chi connectivity index (χ1n) is 7.84. The Labute approximate surface area is 145 Å². The zero-order chi connectivity index (χ0) is 18.5. The van der Waals surface area contributed by atoms with Gasteiger partial charge in [0.2, 0.25) is 17.4 Å². The van der Waals surface area contributed by atoms with Crippen molar-refractivity contribution >= 4 is 25.4 Å². The van der Waals surface area contributed by atoms with Crippen LogP contribution in [-0.4, -0.2) is 49.4 Å². The number of rotatable bonds is 3. The zero-order valence-corrected chi connectivity index (χ0v) is 14.6. The van der Waals surface area contributed by atoms with Crippen LogP contribution in [0.25, 0.3) is 11.2 Å². The Hall–Kier alpha value is -1.88. The van der Waals surface area contributed by atoms with Gasteiger partial charge in [0.15, 0.2) is 29.2 Å². The van der Waals surface area contributed by atoms with Gasteiger partial charge in [-0.05, 0) is 13.8 Å². The molecule has 0 bridgehead atoms. The fraction of sp³-hybridized carbons (Fsp3) is 0.615. The summed E-state index contributed by atoms with van der Waals surface area (Å²) < 4.78 is 63.9. The van der Waals surface area contributed by atoms with Crippen LogP contribution in [0.4, 0.5) is 14.7 Å². The Kier molecular flexibility index (Phi) is 2.94. The number of halogens is 2. The largest absolute Gasteiger partial charge is 0.476 e. The lowest BCUT2D eigenvalue weighted by Crippen LogP contribution is -2.44. The van der Waals surface area contributed by atoms with E-state index in [1.807, 2.05) is 0 Å². The molecule has 6 atom stereocenters. The molecule has 13 heteroatoms. The van der Waals surface area contributed by atoms with E-state index in [0.717, 1.165) is 6.92 Å².